The van der Waals surface area contributed by atoms with E-state index in [2.05, 4.69) is 10.6 Å². The Labute approximate surface area is 141 Å². The normalized spacial score (nSPS) is 13.3. The van der Waals surface area contributed by atoms with E-state index in [1.54, 1.807) is 24.3 Å². The second-order valence-electron chi connectivity index (χ2n) is 5.90. The fraction of sp³-hybridized carbons (Fsp3) is 0.471. The number of hydrogen-bond acceptors (Lipinski definition) is 4. The molecular weight excluding hydrogens is 312 g/mol. The fourth-order valence-corrected chi connectivity index (χ4v) is 2.28. The molecule has 1 amide bonds. The third kappa shape index (κ3) is 7.23. The zero-order valence-electron chi connectivity index (χ0n) is 13.9. The molecule has 0 saturated heterocycles. The molecule has 0 aliphatic rings. The number of rotatable bonds is 10. The summed E-state index contributed by atoms with van der Waals surface area (Å²) in [5, 5.41) is 23.6. The predicted molar refractivity (Wildman–Crippen MR) is 88.6 cm³/mol. The van der Waals surface area contributed by atoms with E-state index in [0.717, 1.165) is 5.56 Å². The molecule has 0 heterocycles. The van der Waals surface area contributed by atoms with Crippen LogP contribution < -0.4 is 10.6 Å². The van der Waals surface area contributed by atoms with Crippen LogP contribution in [0.5, 0.6) is 0 Å². The Hall–Kier alpha value is -2.41. The SMILES string of the molecule is CC(C)NC(CCC(=O)O)C(=O)NC(Cc1ccccc1)C(=O)O. The largest absolute Gasteiger partial charge is 0.481 e. The van der Waals surface area contributed by atoms with Crippen LogP contribution in [0.25, 0.3) is 0 Å². The quantitative estimate of drug-likeness (QED) is 0.507. The minimum Gasteiger partial charge on any atom is -0.481 e. The number of carbonyl (C=O) groups excluding carboxylic acids is 1. The van der Waals surface area contributed by atoms with E-state index in [-0.39, 0.29) is 25.3 Å². The molecule has 0 aliphatic heterocycles. The molecule has 1 aromatic rings. The van der Waals surface area contributed by atoms with Gasteiger partial charge in [0.2, 0.25) is 5.91 Å². The fourth-order valence-electron chi connectivity index (χ4n) is 2.28. The second kappa shape index (κ2) is 9.67. The van der Waals surface area contributed by atoms with Crippen LogP contribution >= 0.6 is 0 Å². The highest BCUT2D eigenvalue weighted by molar-refractivity contribution is 5.87. The number of carboxylic acids is 2. The summed E-state index contributed by atoms with van der Waals surface area (Å²) in [5.41, 5.74) is 0.795. The lowest BCUT2D eigenvalue weighted by Gasteiger charge is -2.23. The summed E-state index contributed by atoms with van der Waals surface area (Å²) in [5.74, 6) is -2.64. The van der Waals surface area contributed by atoms with Gasteiger partial charge in [-0.05, 0) is 12.0 Å². The van der Waals surface area contributed by atoms with Crippen LogP contribution in [0.15, 0.2) is 30.3 Å². The monoisotopic (exact) mass is 336 g/mol. The van der Waals surface area contributed by atoms with Crippen molar-refractivity contribution in [1.82, 2.24) is 10.6 Å². The van der Waals surface area contributed by atoms with Gasteiger partial charge in [0, 0.05) is 18.9 Å². The molecule has 2 atom stereocenters. The number of nitrogens with one attached hydrogen (secondary N) is 2. The number of hydrogen-bond donors (Lipinski definition) is 4. The predicted octanol–water partition coefficient (Wildman–Crippen LogP) is 1.03. The standard InChI is InChI=1S/C17H24N2O5/c1-11(2)18-13(8-9-15(20)21)16(22)19-14(17(23)24)10-12-6-4-3-5-7-12/h3-7,11,13-14,18H,8-10H2,1-2H3,(H,19,22)(H,20,21)(H,23,24). The Morgan fingerprint density at radius 1 is 1.04 bits per heavy atom. The first kappa shape index (κ1) is 19.6. The molecule has 0 bridgehead atoms. The minimum atomic E-state index is -1.13. The van der Waals surface area contributed by atoms with Gasteiger partial charge in [-0.2, -0.15) is 0 Å². The van der Waals surface area contributed by atoms with Crippen molar-refractivity contribution in [2.45, 2.75) is 51.2 Å². The lowest BCUT2D eigenvalue weighted by atomic mass is 10.0. The summed E-state index contributed by atoms with van der Waals surface area (Å²) >= 11 is 0. The maximum Gasteiger partial charge on any atom is 0.326 e. The van der Waals surface area contributed by atoms with Gasteiger partial charge in [0.15, 0.2) is 0 Å². The first-order valence-corrected chi connectivity index (χ1v) is 7.84. The van der Waals surface area contributed by atoms with Crippen molar-refractivity contribution >= 4 is 17.8 Å². The van der Waals surface area contributed by atoms with Crippen molar-refractivity contribution in [2.75, 3.05) is 0 Å². The van der Waals surface area contributed by atoms with Crippen molar-refractivity contribution in [3.63, 3.8) is 0 Å². The molecule has 0 aromatic heterocycles. The Bertz CT molecular complexity index is 559. The van der Waals surface area contributed by atoms with Gasteiger partial charge in [0.1, 0.15) is 6.04 Å². The topological polar surface area (TPSA) is 116 Å². The van der Waals surface area contributed by atoms with E-state index in [0.29, 0.717) is 0 Å². The first-order valence-electron chi connectivity index (χ1n) is 7.84. The molecule has 2 unspecified atom stereocenters. The summed E-state index contributed by atoms with van der Waals surface area (Å²) in [6, 6.07) is 7.14. The molecule has 0 radical (unpaired) electrons. The molecule has 24 heavy (non-hydrogen) atoms. The molecule has 7 nitrogen and oxygen atoms in total. The van der Waals surface area contributed by atoms with Gasteiger partial charge in [-0.25, -0.2) is 4.79 Å². The highest BCUT2D eigenvalue weighted by Crippen LogP contribution is 2.06. The van der Waals surface area contributed by atoms with Gasteiger partial charge < -0.3 is 20.8 Å². The third-order valence-corrected chi connectivity index (χ3v) is 3.40. The smallest absolute Gasteiger partial charge is 0.326 e. The lowest BCUT2D eigenvalue weighted by Crippen LogP contribution is -2.52. The number of carbonyl (C=O) groups is 3. The van der Waals surface area contributed by atoms with Gasteiger partial charge in [-0.15, -0.1) is 0 Å². The van der Waals surface area contributed by atoms with Crippen molar-refractivity contribution in [2.24, 2.45) is 0 Å². The van der Waals surface area contributed by atoms with Crippen LogP contribution in [0.2, 0.25) is 0 Å². The second-order valence-corrected chi connectivity index (χ2v) is 5.90. The van der Waals surface area contributed by atoms with Crippen LogP contribution in [-0.2, 0) is 20.8 Å². The molecular formula is C17H24N2O5. The van der Waals surface area contributed by atoms with Crippen molar-refractivity contribution in [1.29, 1.82) is 0 Å². The van der Waals surface area contributed by atoms with Gasteiger partial charge in [0.25, 0.3) is 0 Å². The van der Waals surface area contributed by atoms with Crippen molar-refractivity contribution in [3.05, 3.63) is 35.9 Å². The highest BCUT2D eigenvalue weighted by atomic mass is 16.4. The molecule has 0 saturated carbocycles. The van der Waals surface area contributed by atoms with E-state index in [1.165, 1.54) is 0 Å². The lowest BCUT2D eigenvalue weighted by molar-refractivity contribution is -0.142. The summed E-state index contributed by atoms with van der Waals surface area (Å²) in [4.78, 5) is 34.5. The summed E-state index contributed by atoms with van der Waals surface area (Å²) in [7, 11) is 0. The molecule has 0 fully saturated rings. The van der Waals surface area contributed by atoms with E-state index in [4.69, 9.17) is 5.11 Å². The van der Waals surface area contributed by atoms with E-state index < -0.39 is 29.9 Å². The van der Waals surface area contributed by atoms with E-state index in [1.807, 2.05) is 19.9 Å². The average molecular weight is 336 g/mol. The molecule has 7 heteroatoms. The van der Waals surface area contributed by atoms with Crippen molar-refractivity contribution in [3.8, 4) is 0 Å². The Kier molecular flexibility index (Phi) is 7.91. The average Bonchev–Trinajstić information content (AvgIpc) is 2.51. The minimum absolute atomic E-state index is 0.0352. The Balaban J connectivity index is 2.75. The summed E-state index contributed by atoms with van der Waals surface area (Å²) in [6.45, 7) is 3.67. The van der Waals surface area contributed by atoms with Gasteiger partial charge in [-0.1, -0.05) is 44.2 Å². The zero-order chi connectivity index (χ0) is 18.1. The third-order valence-electron chi connectivity index (χ3n) is 3.40. The zero-order valence-corrected chi connectivity index (χ0v) is 13.9. The van der Waals surface area contributed by atoms with Gasteiger partial charge in [-0.3, -0.25) is 9.59 Å². The van der Waals surface area contributed by atoms with Crippen LogP contribution in [0, 0.1) is 0 Å². The highest BCUT2D eigenvalue weighted by Gasteiger charge is 2.26. The Morgan fingerprint density at radius 3 is 2.17 bits per heavy atom. The number of aliphatic carboxylic acids is 2. The number of carboxylic acid groups (broad SMARTS) is 2. The molecule has 0 aliphatic carbocycles. The van der Waals surface area contributed by atoms with Crippen LogP contribution in [0.4, 0.5) is 0 Å². The van der Waals surface area contributed by atoms with Crippen LogP contribution in [-0.4, -0.2) is 46.2 Å². The van der Waals surface area contributed by atoms with Gasteiger partial charge >= 0.3 is 11.9 Å². The molecule has 4 N–H and O–H groups in total. The molecule has 0 spiro atoms. The van der Waals surface area contributed by atoms with Gasteiger partial charge in [0.05, 0.1) is 6.04 Å². The summed E-state index contributed by atoms with van der Waals surface area (Å²) in [6.07, 6.45) is 0.0838. The maximum absolute atomic E-state index is 12.4. The van der Waals surface area contributed by atoms with E-state index in [9.17, 15) is 19.5 Å². The van der Waals surface area contributed by atoms with Crippen LogP contribution in [0.1, 0.15) is 32.3 Å². The maximum atomic E-state index is 12.4. The number of benzene rings is 1. The molecule has 1 aromatic carbocycles. The van der Waals surface area contributed by atoms with E-state index >= 15 is 0 Å². The Morgan fingerprint density at radius 2 is 1.67 bits per heavy atom. The molecule has 1 rings (SSSR count). The van der Waals surface area contributed by atoms with Crippen molar-refractivity contribution < 1.29 is 24.6 Å². The molecule has 132 valence electrons. The van der Waals surface area contributed by atoms with Crippen LogP contribution in [0.3, 0.4) is 0 Å². The summed E-state index contributed by atoms with van der Waals surface area (Å²) < 4.78 is 0. The number of amides is 1. The first-order chi connectivity index (χ1) is 11.3.